The molecule has 4 nitrogen and oxygen atoms in total. The van der Waals surface area contributed by atoms with E-state index < -0.39 is 0 Å². The molecule has 3 aromatic rings. The summed E-state index contributed by atoms with van der Waals surface area (Å²) >= 11 is 0. The second-order valence-electron chi connectivity index (χ2n) is 3.86. The number of hydrogen-bond acceptors (Lipinski definition) is 3. The van der Waals surface area contributed by atoms with Crippen molar-refractivity contribution in [2.45, 2.75) is 0 Å². The molecule has 0 unspecified atom stereocenters. The molecule has 0 bridgehead atoms. The van der Waals surface area contributed by atoms with Crippen molar-refractivity contribution in [1.29, 1.82) is 0 Å². The largest absolute Gasteiger partial charge is 0.382 e. The maximum Gasteiger partial charge on any atom is 0.150 e. The van der Waals surface area contributed by atoms with E-state index in [0.29, 0.717) is 22.4 Å². The van der Waals surface area contributed by atoms with Crippen molar-refractivity contribution in [3.8, 4) is 0 Å². The fraction of sp³-hybridized carbons (Fsp3) is 0. The predicted molar refractivity (Wildman–Crippen MR) is 68.5 cm³/mol. The van der Waals surface area contributed by atoms with Gasteiger partial charge in [0.1, 0.15) is 17.2 Å². The first-order valence-electron chi connectivity index (χ1n) is 5.27. The second kappa shape index (κ2) is 3.68. The first-order chi connectivity index (χ1) is 8.70. The fourth-order valence-electron chi connectivity index (χ4n) is 1.93. The van der Waals surface area contributed by atoms with Gasteiger partial charge in [0.2, 0.25) is 0 Å². The number of nitrogen functional groups attached to an aromatic ring is 1. The number of hydrogen-bond donors (Lipinski definition) is 1. The molecule has 0 amide bonds. The molecule has 0 atom stereocenters. The molecule has 0 aliphatic heterocycles. The SMILES string of the molecule is C=C=Cc1cc2c(cc1F)nc(N)c1cncn12. The normalized spacial score (nSPS) is 10.7. The van der Waals surface area contributed by atoms with Crippen LogP contribution >= 0.6 is 0 Å². The minimum atomic E-state index is -0.384. The zero-order valence-corrected chi connectivity index (χ0v) is 9.39. The minimum Gasteiger partial charge on any atom is -0.382 e. The van der Waals surface area contributed by atoms with Crippen LogP contribution < -0.4 is 5.73 Å². The molecule has 2 aromatic heterocycles. The van der Waals surface area contributed by atoms with Gasteiger partial charge in [-0.05, 0) is 12.1 Å². The molecule has 3 rings (SSSR count). The van der Waals surface area contributed by atoms with Gasteiger partial charge in [-0.25, -0.2) is 14.4 Å². The molecule has 5 heteroatoms. The van der Waals surface area contributed by atoms with E-state index >= 15 is 0 Å². The molecule has 0 saturated heterocycles. The van der Waals surface area contributed by atoms with Gasteiger partial charge in [-0.3, -0.25) is 4.40 Å². The molecule has 0 saturated carbocycles. The van der Waals surface area contributed by atoms with Gasteiger partial charge >= 0.3 is 0 Å². The minimum absolute atomic E-state index is 0.325. The van der Waals surface area contributed by atoms with Crippen LogP contribution in [0.1, 0.15) is 5.56 Å². The van der Waals surface area contributed by atoms with E-state index in [1.54, 1.807) is 23.0 Å². The molecule has 18 heavy (non-hydrogen) atoms. The van der Waals surface area contributed by atoms with Crippen LogP contribution in [0.15, 0.2) is 37.0 Å². The molecule has 0 spiro atoms. The van der Waals surface area contributed by atoms with Gasteiger partial charge in [0.05, 0.1) is 23.6 Å². The summed E-state index contributed by atoms with van der Waals surface area (Å²) in [5.74, 6) is -0.0589. The van der Waals surface area contributed by atoms with E-state index in [9.17, 15) is 4.39 Å². The van der Waals surface area contributed by atoms with Gasteiger partial charge in [0.15, 0.2) is 0 Å². The first kappa shape index (κ1) is 10.5. The van der Waals surface area contributed by atoms with Gasteiger partial charge in [0, 0.05) is 11.6 Å². The predicted octanol–water partition coefficient (Wildman–Crippen LogP) is 2.40. The Morgan fingerprint density at radius 1 is 1.39 bits per heavy atom. The third-order valence-corrected chi connectivity index (χ3v) is 2.75. The number of halogens is 1. The van der Waals surface area contributed by atoms with Crippen molar-refractivity contribution >= 4 is 28.4 Å². The Balaban J connectivity index is 2.51. The van der Waals surface area contributed by atoms with E-state index in [-0.39, 0.29) is 5.82 Å². The highest BCUT2D eigenvalue weighted by Gasteiger charge is 2.09. The van der Waals surface area contributed by atoms with Gasteiger partial charge < -0.3 is 5.73 Å². The zero-order chi connectivity index (χ0) is 12.7. The highest BCUT2D eigenvalue weighted by molar-refractivity contribution is 5.85. The van der Waals surface area contributed by atoms with Gasteiger partial charge in [-0.1, -0.05) is 6.58 Å². The van der Waals surface area contributed by atoms with E-state index in [0.717, 1.165) is 5.52 Å². The maximum atomic E-state index is 13.8. The lowest BCUT2D eigenvalue weighted by molar-refractivity contribution is 0.626. The van der Waals surface area contributed by atoms with Crippen molar-refractivity contribution in [2.75, 3.05) is 5.73 Å². The highest BCUT2D eigenvalue weighted by Crippen LogP contribution is 2.22. The Hall–Kier alpha value is -2.65. The lowest BCUT2D eigenvalue weighted by atomic mass is 10.1. The third-order valence-electron chi connectivity index (χ3n) is 2.75. The Kier molecular flexibility index (Phi) is 2.15. The van der Waals surface area contributed by atoms with Crippen molar-refractivity contribution in [3.05, 3.63) is 48.3 Å². The van der Waals surface area contributed by atoms with Crippen LogP contribution in [0.4, 0.5) is 10.2 Å². The number of nitrogens with zero attached hydrogens (tertiary/aromatic N) is 3. The molecule has 88 valence electrons. The van der Waals surface area contributed by atoms with E-state index in [2.05, 4.69) is 22.3 Å². The number of imidazole rings is 1. The Bertz CT molecular complexity index is 813. The molecular formula is C13H9FN4. The van der Waals surface area contributed by atoms with Crippen LogP contribution in [-0.2, 0) is 0 Å². The summed E-state index contributed by atoms with van der Waals surface area (Å²) in [7, 11) is 0. The van der Waals surface area contributed by atoms with Gasteiger partial charge in [0.25, 0.3) is 0 Å². The number of rotatable bonds is 1. The lowest BCUT2D eigenvalue weighted by Crippen LogP contribution is -1.98. The third kappa shape index (κ3) is 1.38. The molecule has 0 aliphatic carbocycles. The van der Waals surface area contributed by atoms with E-state index in [1.807, 2.05) is 0 Å². The number of aromatic nitrogens is 3. The topological polar surface area (TPSA) is 56.2 Å². The number of nitrogens with two attached hydrogens (primary N) is 1. The summed E-state index contributed by atoms with van der Waals surface area (Å²) in [5, 5.41) is 0. The van der Waals surface area contributed by atoms with E-state index in [4.69, 9.17) is 5.73 Å². The Labute approximate surface area is 102 Å². The molecule has 2 N–H and O–H groups in total. The summed E-state index contributed by atoms with van der Waals surface area (Å²) in [6, 6.07) is 3.01. The van der Waals surface area contributed by atoms with Gasteiger partial charge in [-0.15, -0.1) is 5.73 Å². The van der Waals surface area contributed by atoms with Crippen molar-refractivity contribution < 1.29 is 4.39 Å². The molecule has 0 fully saturated rings. The molecular weight excluding hydrogens is 231 g/mol. The van der Waals surface area contributed by atoms with Crippen molar-refractivity contribution in [3.63, 3.8) is 0 Å². The maximum absolute atomic E-state index is 13.8. The molecule has 2 heterocycles. The fourth-order valence-corrected chi connectivity index (χ4v) is 1.93. The molecule has 0 aliphatic rings. The quantitative estimate of drug-likeness (QED) is 0.664. The number of benzene rings is 1. The smallest absolute Gasteiger partial charge is 0.150 e. The highest BCUT2D eigenvalue weighted by atomic mass is 19.1. The van der Waals surface area contributed by atoms with Crippen LogP contribution in [0.2, 0.25) is 0 Å². The van der Waals surface area contributed by atoms with Crippen molar-refractivity contribution in [2.24, 2.45) is 0 Å². The summed E-state index contributed by atoms with van der Waals surface area (Å²) in [6.45, 7) is 3.44. The number of anilines is 1. The van der Waals surface area contributed by atoms with Crippen molar-refractivity contribution in [1.82, 2.24) is 14.4 Å². The van der Waals surface area contributed by atoms with Crippen LogP contribution in [0.25, 0.3) is 22.6 Å². The van der Waals surface area contributed by atoms with E-state index in [1.165, 1.54) is 12.1 Å². The van der Waals surface area contributed by atoms with Crippen LogP contribution in [0, 0.1) is 5.82 Å². The first-order valence-corrected chi connectivity index (χ1v) is 5.27. The zero-order valence-electron chi connectivity index (χ0n) is 9.39. The summed E-state index contributed by atoms with van der Waals surface area (Å²) in [6.07, 6.45) is 4.72. The van der Waals surface area contributed by atoms with Crippen LogP contribution in [-0.4, -0.2) is 14.4 Å². The number of fused-ring (bicyclic) bond motifs is 3. The monoisotopic (exact) mass is 240 g/mol. The Morgan fingerprint density at radius 2 is 2.22 bits per heavy atom. The second-order valence-corrected chi connectivity index (χ2v) is 3.86. The Morgan fingerprint density at radius 3 is 3.00 bits per heavy atom. The lowest BCUT2D eigenvalue weighted by Gasteiger charge is -2.06. The average Bonchev–Trinajstić information content (AvgIpc) is 2.81. The summed E-state index contributed by atoms with van der Waals surface area (Å²) in [5.41, 5.74) is 10.7. The summed E-state index contributed by atoms with van der Waals surface area (Å²) in [4.78, 5) is 8.19. The van der Waals surface area contributed by atoms with Crippen LogP contribution in [0.3, 0.4) is 0 Å². The molecule has 0 radical (unpaired) electrons. The standard InChI is InChI=1S/C13H9FN4/c1-2-3-8-4-11-10(5-9(8)14)17-13(15)12-6-16-7-18(11)12/h3-7H,1H2,(H2,15,17). The molecule has 1 aromatic carbocycles. The average molecular weight is 240 g/mol. The van der Waals surface area contributed by atoms with Gasteiger partial charge in [-0.2, -0.15) is 0 Å². The summed E-state index contributed by atoms with van der Waals surface area (Å²) < 4.78 is 15.5. The van der Waals surface area contributed by atoms with Crippen LogP contribution in [0.5, 0.6) is 0 Å².